The molecule has 0 spiro atoms. The topological polar surface area (TPSA) is 58.6 Å². The first kappa shape index (κ1) is 11.4. The predicted octanol–water partition coefficient (Wildman–Crippen LogP) is -0.0916. The van der Waals surface area contributed by atoms with E-state index in [9.17, 15) is 4.79 Å². The van der Waals surface area contributed by atoms with Gasteiger partial charge in [0.2, 0.25) is 5.91 Å². The monoisotopic (exact) mass is 175 g/mol. The molecule has 4 heteroatoms. The minimum Gasteiger partial charge on any atom is -0.394 e. The third kappa shape index (κ3) is 6.12. The molecule has 0 saturated heterocycles. The van der Waals surface area contributed by atoms with Crippen LogP contribution in [0.25, 0.3) is 0 Å². The highest BCUT2D eigenvalue weighted by molar-refractivity contribution is 5.77. The van der Waals surface area contributed by atoms with E-state index in [2.05, 4.69) is 5.32 Å². The average Bonchev–Trinajstić information content (AvgIpc) is 2.00. The molecule has 0 aromatic heterocycles. The van der Waals surface area contributed by atoms with Crippen molar-refractivity contribution in [3.63, 3.8) is 0 Å². The summed E-state index contributed by atoms with van der Waals surface area (Å²) in [7, 11) is 0. The number of carbonyl (C=O) groups excluding carboxylic acids is 1. The van der Waals surface area contributed by atoms with E-state index in [1.54, 1.807) is 6.92 Å². The van der Waals surface area contributed by atoms with Gasteiger partial charge < -0.3 is 15.2 Å². The summed E-state index contributed by atoms with van der Waals surface area (Å²) in [6.45, 7) is 5.47. The number of aliphatic hydroxyl groups excluding tert-OH is 1. The fraction of sp³-hybridized carbons (Fsp3) is 0.875. The Kier molecular flexibility index (Phi) is 5.66. The van der Waals surface area contributed by atoms with Crippen molar-refractivity contribution >= 4 is 5.91 Å². The maximum Gasteiger partial charge on any atom is 0.246 e. The van der Waals surface area contributed by atoms with E-state index in [1.807, 2.05) is 13.8 Å². The summed E-state index contributed by atoms with van der Waals surface area (Å²) in [5.74, 6) is -0.190. The molecule has 0 aliphatic carbocycles. The highest BCUT2D eigenvalue weighted by atomic mass is 16.5. The van der Waals surface area contributed by atoms with E-state index in [-0.39, 0.29) is 31.3 Å². The van der Waals surface area contributed by atoms with Crippen molar-refractivity contribution in [1.29, 1.82) is 0 Å². The molecule has 72 valence electrons. The number of aliphatic hydroxyl groups is 1. The summed E-state index contributed by atoms with van der Waals surface area (Å²) in [4.78, 5) is 11.0. The van der Waals surface area contributed by atoms with Gasteiger partial charge in [0.05, 0.1) is 12.7 Å². The molecular weight excluding hydrogens is 158 g/mol. The largest absolute Gasteiger partial charge is 0.394 e. The second-order valence-electron chi connectivity index (χ2n) is 3.01. The van der Waals surface area contributed by atoms with Crippen molar-refractivity contribution in [3.05, 3.63) is 0 Å². The molecule has 0 aromatic rings. The molecule has 4 nitrogen and oxygen atoms in total. The number of hydrogen-bond acceptors (Lipinski definition) is 3. The lowest BCUT2D eigenvalue weighted by molar-refractivity contribution is -0.127. The molecular formula is C8H17NO3. The first-order valence-electron chi connectivity index (χ1n) is 4.08. The van der Waals surface area contributed by atoms with Gasteiger partial charge in [0.1, 0.15) is 6.61 Å². The Morgan fingerprint density at radius 3 is 2.50 bits per heavy atom. The number of amides is 1. The minimum absolute atomic E-state index is 0.0482. The van der Waals surface area contributed by atoms with Gasteiger partial charge in [-0.2, -0.15) is 0 Å². The Balaban J connectivity index is 3.46. The molecule has 0 aliphatic rings. The standard InChI is InChI=1S/C8H17NO3/c1-6(2)12-5-8(11)9-7(3)4-10/h6-7,10H,4-5H2,1-3H3,(H,9,11)/t7-/m0/s1. The molecule has 0 aliphatic heterocycles. The second kappa shape index (κ2) is 5.97. The van der Waals surface area contributed by atoms with Crippen LogP contribution < -0.4 is 5.32 Å². The van der Waals surface area contributed by atoms with Crippen LogP contribution in [-0.2, 0) is 9.53 Å². The lowest BCUT2D eigenvalue weighted by atomic mass is 10.3. The van der Waals surface area contributed by atoms with Gasteiger partial charge in [-0.25, -0.2) is 0 Å². The van der Waals surface area contributed by atoms with Crippen molar-refractivity contribution in [3.8, 4) is 0 Å². The van der Waals surface area contributed by atoms with E-state index >= 15 is 0 Å². The smallest absolute Gasteiger partial charge is 0.246 e. The lowest BCUT2D eigenvalue weighted by Gasteiger charge is -2.11. The average molecular weight is 175 g/mol. The summed E-state index contributed by atoms with van der Waals surface area (Å²) in [6.07, 6.45) is 0.0557. The lowest BCUT2D eigenvalue weighted by Crippen LogP contribution is -2.37. The van der Waals surface area contributed by atoms with Gasteiger partial charge in [-0.15, -0.1) is 0 Å². The van der Waals surface area contributed by atoms with Crippen LogP contribution in [-0.4, -0.2) is 36.4 Å². The molecule has 0 saturated carbocycles. The highest BCUT2D eigenvalue weighted by Gasteiger charge is 2.06. The molecule has 0 rings (SSSR count). The maximum absolute atomic E-state index is 11.0. The summed E-state index contributed by atoms with van der Waals surface area (Å²) < 4.78 is 5.06. The zero-order valence-corrected chi connectivity index (χ0v) is 7.83. The van der Waals surface area contributed by atoms with Gasteiger partial charge in [0, 0.05) is 6.04 Å². The Bertz CT molecular complexity index is 136. The van der Waals surface area contributed by atoms with Crippen molar-refractivity contribution in [1.82, 2.24) is 5.32 Å². The molecule has 0 radical (unpaired) electrons. The normalized spacial score (nSPS) is 13.1. The molecule has 12 heavy (non-hydrogen) atoms. The van der Waals surface area contributed by atoms with Crippen LogP contribution in [0, 0.1) is 0 Å². The van der Waals surface area contributed by atoms with E-state index < -0.39 is 0 Å². The molecule has 0 fully saturated rings. The number of hydrogen-bond donors (Lipinski definition) is 2. The first-order valence-corrected chi connectivity index (χ1v) is 4.08. The molecule has 0 bridgehead atoms. The van der Waals surface area contributed by atoms with Crippen LogP contribution in [0.1, 0.15) is 20.8 Å². The van der Waals surface area contributed by atoms with E-state index in [0.717, 1.165) is 0 Å². The van der Waals surface area contributed by atoms with Crippen molar-refractivity contribution in [2.45, 2.75) is 32.9 Å². The summed E-state index contributed by atoms with van der Waals surface area (Å²) >= 11 is 0. The van der Waals surface area contributed by atoms with Crippen LogP contribution >= 0.6 is 0 Å². The van der Waals surface area contributed by atoms with Crippen LogP contribution in [0.3, 0.4) is 0 Å². The van der Waals surface area contributed by atoms with Crippen LogP contribution in [0.5, 0.6) is 0 Å². The Morgan fingerprint density at radius 1 is 1.50 bits per heavy atom. The van der Waals surface area contributed by atoms with Crippen molar-refractivity contribution in [2.24, 2.45) is 0 Å². The van der Waals surface area contributed by atoms with Crippen molar-refractivity contribution < 1.29 is 14.6 Å². The zero-order valence-electron chi connectivity index (χ0n) is 7.83. The van der Waals surface area contributed by atoms with E-state index in [0.29, 0.717) is 0 Å². The third-order valence-electron chi connectivity index (χ3n) is 1.23. The summed E-state index contributed by atoms with van der Waals surface area (Å²) in [5, 5.41) is 11.2. The van der Waals surface area contributed by atoms with Crippen LogP contribution in [0.4, 0.5) is 0 Å². The zero-order chi connectivity index (χ0) is 9.56. The summed E-state index contributed by atoms with van der Waals surface area (Å²) in [6, 6.07) is -0.201. The number of carbonyl (C=O) groups is 1. The van der Waals surface area contributed by atoms with Gasteiger partial charge in [-0.05, 0) is 20.8 Å². The van der Waals surface area contributed by atoms with Gasteiger partial charge in [-0.1, -0.05) is 0 Å². The fourth-order valence-electron chi connectivity index (χ4n) is 0.604. The van der Waals surface area contributed by atoms with Gasteiger partial charge in [-0.3, -0.25) is 4.79 Å². The van der Waals surface area contributed by atoms with Crippen molar-refractivity contribution in [2.75, 3.05) is 13.2 Å². The molecule has 1 amide bonds. The van der Waals surface area contributed by atoms with E-state index in [4.69, 9.17) is 9.84 Å². The molecule has 1 atom stereocenters. The van der Waals surface area contributed by atoms with Crippen LogP contribution in [0.2, 0.25) is 0 Å². The molecule has 0 heterocycles. The maximum atomic E-state index is 11.0. The predicted molar refractivity (Wildman–Crippen MR) is 45.8 cm³/mol. The van der Waals surface area contributed by atoms with E-state index in [1.165, 1.54) is 0 Å². The molecule has 0 aromatic carbocycles. The van der Waals surface area contributed by atoms with Gasteiger partial charge in [0.15, 0.2) is 0 Å². The number of rotatable bonds is 5. The minimum atomic E-state index is -0.201. The SMILES string of the molecule is CC(C)OCC(=O)N[C@@H](C)CO. The third-order valence-corrected chi connectivity index (χ3v) is 1.23. The number of nitrogens with one attached hydrogen (secondary N) is 1. The number of ether oxygens (including phenoxy) is 1. The van der Waals surface area contributed by atoms with Gasteiger partial charge in [0.25, 0.3) is 0 Å². The summed E-state index contributed by atoms with van der Waals surface area (Å²) in [5.41, 5.74) is 0. The Labute approximate surface area is 72.9 Å². The fourth-order valence-corrected chi connectivity index (χ4v) is 0.604. The molecule has 2 N–H and O–H groups in total. The Morgan fingerprint density at radius 2 is 2.08 bits per heavy atom. The first-order chi connectivity index (χ1) is 5.56. The van der Waals surface area contributed by atoms with Crippen LogP contribution in [0.15, 0.2) is 0 Å². The Hall–Kier alpha value is -0.610. The molecule has 0 unspecified atom stereocenters. The quantitative estimate of drug-likeness (QED) is 0.614. The second-order valence-corrected chi connectivity index (χ2v) is 3.01. The van der Waals surface area contributed by atoms with Gasteiger partial charge >= 0.3 is 0 Å². The highest BCUT2D eigenvalue weighted by Crippen LogP contribution is 1.87.